The van der Waals surface area contributed by atoms with Crippen LogP contribution in [-0.2, 0) is 21.3 Å². The second kappa shape index (κ2) is 6.75. The Morgan fingerprint density at radius 1 is 1.08 bits per heavy atom. The second-order valence-corrected chi connectivity index (χ2v) is 7.82. The van der Waals surface area contributed by atoms with Crippen LogP contribution in [-0.4, -0.2) is 13.4 Å². The summed E-state index contributed by atoms with van der Waals surface area (Å²) in [6, 6.07) is 12.4. The monoisotopic (exact) mass is 365 g/mol. The van der Waals surface area contributed by atoms with E-state index < -0.39 is 15.7 Å². The molecular formula is C17H13ClFNO3S. The van der Waals surface area contributed by atoms with Gasteiger partial charge in [0.15, 0.2) is 9.84 Å². The predicted octanol–water partition coefficient (Wildman–Crippen LogP) is 4.25. The predicted molar refractivity (Wildman–Crippen MR) is 89.7 cm³/mol. The van der Waals surface area contributed by atoms with Gasteiger partial charge in [-0.1, -0.05) is 29.8 Å². The van der Waals surface area contributed by atoms with E-state index >= 15 is 0 Å². The maximum atomic E-state index is 13.2. The average Bonchev–Trinajstić information content (AvgIpc) is 2.94. The molecule has 0 fully saturated rings. The third kappa shape index (κ3) is 4.21. The summed E-state index contributed by atoms with van der Waals surface area (Å²) in [7, 11) is -3.44. The molecule has 0 amide bonds. The Kier molecular flexibility index (Phi) is 4.69. The first-order valence-corrected chi connectivity index (χ1v) is 9.26. The van der Waals surface area contributed by atoms with E-state index in [1.807, 2.05) is 0 Å². The van der Waals surface area contributed by atoms with Gasteiger partial charge in [0.1, 0.15) is 12.1 Å². The van der Waals surface area contributed by atoms with Gasteiger partial charge in [0, 0.05) is 10.6 Å². The van der Waals surface area contributed by atoms with Crippen molar-refractivity contribution in [2.45, 2.75) is 11.5 Å². The van der Waals surface area contributed by atoms with Crippen molar-refractivity contribution in [2.24, 2.45) is 0 Å². The van der Waals surface area contributed by atoms with Crippen LogP contribution in [0.15, 0.2) is 59.2 Å². The summed E-state index contributed by atoms with van der Waals surface area (Å²) in [6.07, 6.45) is 1.27. The minimum absolute atomic E-state index is 0.143. The van der Waals surface area contributed by atoms with Crippen molar-refractivity contribution in [1.29, 1.82) is 0 Å². The van der Waals surface area contributed by atoms with Crippen molar-refractivity contribution >= 4 is 21.4 Å². The Balaban J connectivity index is 1.76. The molecule has 0 aliphatic carbocycles. The lowest BCUT2D eigenvalue weighted by Gasteiger charge is -2.03. The fourth-order valence-electron chi connectivity index (χ4n) is 2.28. The number of sulfone groups is 1. The quantitative estimate of drug-likeness (QED) is 0.678. The average molecular weight is 366 g/mol. The van der Waals surface area contributed by atoms with Crippen molar-refractivity contribution < 1.29 is 17.2 Å². The van der Waals surface area contributed by atoms with Crippen LogP contribution in [0.5, 0.6) is 0 Å². The van der Waals surface area contributed by atoms with Crippen LogP contribution in [0.1, 0.15) is 11.3 Å². The first-order valence-electron chi connectivity index (χ1n) is 7.06. The van der Waals surface area contributed by atoms with Gasteiger partial charge in [0.2, 0.25) is 5.89 Å². The lowest BCUT2D eigenvalue weighted by Crippen LogP contribution is -2.08. The van der Waals surface area contributed by atoms with Gasteiger partial charge in [0.25, 0.3) is 0 Å². The summed E-state index contributed by atoms with van der Waals surface area (Å²) in [5, 5.41) is 0.484. The van der Waals surface area contributed by atoms with Crippen LogP contribution < -0.4 is 0 Å². The summed E-state index contributed by atoms with van der Waals surface area (Å²) in [5.74, 6) is -0.642. The minimum Gasteiger partial charge on any atom is -0.444 e. The summed E-state index contributed by atoms with van der Waals surface area (Å²) < 4.78 is 43.1. The van der Waals surface area contributed by atoms with E-state index in [4.69, 9.17) is 16.0 Å². The molecule has 0 N–H and O–H groups in total. The molecule has 24 heavy (non-hydrogen) atoms. The van der Waals surface area contributed by atoms with Gasteiger partial charge in [0.05, 0.1) is 17.2 Å². The number of rotatable bonds is 5. The first-order chi connectivity index (χ1) is 11.4. The molecule has 0 atom stereocenters. The number of nitrogens with zero attached hydrogens (tertiary/aromatic N) is 1. The minimum atomic E-state index is -3.44. The molecular weight excluding hydrogens is 353 g/mol. The highest BCUT2D eigenvalue weighted by molar-refractivity contribution is 7.89. The second-order valence-electron chi connectivity index (χ2n) is 5.32. The molecule has 4 nitrogen and oxygen atoms in total. The van der Waals surface area contributed by atoms with E-state index in [0.29, 0.717) is 16.1 Å². The molecule has 124 valence electrons. The molecule has 0 bridgehead atoms. The highest BCUT2D eigenvalue weighted by atomic mass is 35.5. The maximum absolute atomic E-state index is 13.2. The van der Waals surface area contributed by atoms with Gasteiger partial charge in [-0.05, 0) is 35.9 Å². The molecule has 0 radical (unpaired) electrons. The van der Waals surface area contributed by atoms with E-state index in [-0.39, 0.29) is 23.1 Å². The van der Waals surface area contributed by atoms with E-state index in [0.717, 1.165) is 0 Å². The van der Waals surface area contributed by atoms with E-state index in [1.54, 1.807) is 30.3 Å². The zero-order valence-electron chi connectivity index (χ0n) is 12.4. The largest absolute Gasteiger partial charge is 0.444 e. The zero-order chi connectivity index (χ0) is 17.2. The number of hydrogen-bond donors (Lipinski definition) is 0. The van der Waals surface area contributed by atoms with Crippen LogP contribution in [0.2, 0.25) is 5.02 Å². The number of oxazole rings is 1. The van der Waals surface area contributed by atoms with Crippen molar-refractivity contribution in [2.75, 3.05) is 0 Å². The molecule has 0 saturated heterocycles. The van der Waals surface area contributed by atoms with Crippen LogP contribution in [0.3, 0.4) is 0 Å². The van der Waals surface area contributed by atoms with Gasteiger partial charge in [-0.25, -0.2) is 17.8 Å². The third-order valence-electron chi connectivity index (χ3n) is 3.27. The van der Waals surface area contributed by atoms with Gasteiger partial charge >= 0.3 is 0 Å². The molecule has 7 heteroatoms. The van der Waals surface area contributed by atoms with Crippen LogP contribution >= 0.6 is 11.6 Å². The molecule has 3 aromatic rings. The van der Waals surface area contributed by atoms with Gasteiger partial charge < -0.3 is 4.42 Å². The molecule has 3 rings (SSSR count). The Labute approximate surface area is 143 Å². The van der Waals surface area contributed by atoms with Crippen LogP contribution in [0.25, 0.3) is 11.5 Å². The molecule has 1 heterocycles. The first kappa shape index (κ1) is 16.7. The van der Waals surface area contributed by atoms with Gasteiger partial charge in [-0.15, -0.1) is 0 Å². The summed E-state index contributed by atoms with van der Waals surface area (Å²) in [4.78, 5) is 4.13. The summed E-state index contributed by atoms with van der Waals surface area (Å²) in [5.41, 5.74) is 1.33. The van der Waals surface area contributed by atoms with E-state index in [9.17, 15) is 12.8 Å². The fourth-order valence-corrected chi connectivity index (χ4v) is 3.87. The molecule has 0 aliphatic heterocycles. The fraction of sp³-hybridized carbons (Fsp3) is 0.118. The number of benzene rings is 2. The number of hydrogen-bond acceptors (Lipinski definition) is 4. The van der Waals surface area contributed by atoms with Crippen molar-refractivity contribution in [3.8, 4) is 11.5 Å². The smallest absolute Gasteiger partial charge is 0.226 e. The zero-order valence-corrected chi connectivity index (χ0v) is 14.0. The summed E-state index contributed by atoms with van der Waals surface area (Å²) >= 11 is 5.87. The highest BCUT2D eigenvalue weighted by Crippen LogP contribution is 2.21. The SMILES string of the molecule is O=S(=O)(Cc1cccc(Cl)c1)Cc1coc(-c2cccc(F)c2)n1. The molecule has 2 aromatic carbocycles. The van der Waals surface area contributed by atoms with Crippen LogP contribution in [0.4, 0.5) is 4.39 Å². The standard InChI is InChI=1S/C17H13ClFNO3S/c18-14-5-1-3-12(7-14)10-24(21,22)11-16-9-23-17(20-16)13-4-2-6-15(19)8-13/h1-9H,10-11H2. The van der Waals surface area contributed by atoms with Gasteiger partial charge in [-0.3, -0.25) is 0 Å². The van der Waals surface area contributed by atoms with Crippen molar-refractivity contribution in [3.05, 3.63) is 76.9 Å². The molecule has 1 aromatic heterocycles. The number of halogens is 2. The third-order valence-corrected chi connectivity index (χ3v) is 5.01. The maximum Gasteiger partial charge on any atom is 0.226 e. The highest BCUT2D eigenvalue weighted by Gasteiger charge is 2.17. The molecule has 0 unspecified atom stereocenters. The van der Waals surface area contributed by atoms with Crippen LogP contribution in [0, 0.1) is 5.82 Å². The lowest BCUT2D eigenvalue weighted by molar-refractivity contribution is 0.570. The molecule has 0 aliphatic rings. The molecule has 0 saturated carbocycles. The van der Waals surface area contributed by atoms with E-state index in [2.05, 4.69) is 4.98 Å². The lowest BCUT2D eigenvalue weighted by atomic mass is 10.2. The number of aromatic nitrogens is 1. The topological polar surface area (TPSA) is 60.2 Å². The Hall–Kier alpha value is -2.18. The Morgan fingerprint density at radius 3 is 2.62 bits per heavy atom. The Bertz CT molecular complexity index is 969. The van der Waals surface area contributed by atoms with Crippen molar-refractivity contribution in [1.82, 2.24) is 4.98 Å². The van der Waals surface area contributed by atoms with Crippen molar-refractivity contribution in [3.63, 3.8) is 0 Å². The van der Waals surface area contributed by atoms with Gasteiger partial charge in [-0.2, -0.15) is 0 Å². The van der Waals surface area contributed by atoms with E-state index in [1.165, 1.54) is 24.5 Å². The summed E-state index contributed by atoms with van der Waals surface area (Å²) in [6.45, 7) is 0. The normalized spacial score (nSPS) is 11.6. The molecule has 0 spiro atoms. The Morgan fingerprint density at radius 2 is 1.88 bits per heavy atom.